The molecule has 0 radical (unpaired) electrons. The van der Waals surface area contributed by atoms with Crippen LogP contribution in [0.1, 0.15) is 32.4 Å². The maximum Gasteiger partial charge on any atom is 0.0454 e. The first-order valence-corrected chi connectivity index (χ1v) is 6.86. The third kappa shape index (κ3) is 4.36. The van der Waals surface area contributed by atoms with Gasteiger partial charge in [0.25, 0.3) is 0 Å². The molecule has 1 rings (SSSR count). The van der Waals surface area contributed by atoms with Crippen LogP contribution in [-0.2, 0) is 0 Å². The molecule has 0 aliphatic carbocycles. The highest BCUT2D eigenvalue weighted by molar-refractivity contribution is 8.00. The molecule has 1 aromatic carbocycles. The Balaban J connectivity index is 2.72. The highest BCUT2D eigenvalue weighted by atomic mass is 35.5. The van der Waals surface area contributed by atoms with Crippen molar-refractivity contribution in [1.29, 1.82) is 0 Å². The highest BCUT2D eigenvalue weighted by Gasteiger charge is 2.17. The van der Waals surface area contributed by atoms with Crippen LogP contribution in [0.15, 0.2) is 24.3 Å². The predicted octanol–water partition coefficient (Wildman–Crippen LogP) is 4.13. The van der Waals surface area contributed by atoms with Crippen LogP contribution in [-0.4, -0.2) is 17.5 Å². The monoisotopic (exact) mass is 257 g/mol. The van der Waals surface area contributed by atoms with Gasteiger partial charge in [-0.1, -0.05) is 50.6 Å². The molecule has 0 aliphatic rings. The largest absolute Gasteiger partial charge is 0.312 e. The van der Waals surface area contributed by atoms with E-state index in [1.54, 1.807) is 0 Å². The minimum Gasteiger partial charge on any atom is -0.312 e. The fourth-order valence-corrected chi connectivity index (χ4v) is 2.70. The van der Waals surface area contributed by atoms with Gasteiger partial charge in [0.15, 0.2) is 0 Å². The lowest BCUT2D eigenvalue weighted by atomic mass is 10.1. The lowest BCUT2D eigenvalue weighted by Crippen LogP contribution is -2.22. The van der Waals surface area contributed by atoms with E-state index >= 15 is 0 Å². The van der Waals surface area contributed by atoms with E-state index in [1.807, 2.05) is 37.0 Å². The SMILES string of the molecule is CNC(CSC(C)(C)C)c1ccccc1Cl. The first kappa shape index (κ1) is 13.9. The highest BCUT2D eigenvalue weighted by Crippen LogP contribution is 2.30. The number of rotatable bonds is 4. The van der Waals surface area contributed by atoms with Crippen LogP contribution in [0.4, 0.5) is 0 Å². The summed E-state index contributed by atoms with van der Waals surface area (Å²) in [5, 5.41) is 4.17. The predicted molar refractivity (Wildman–Crippen MR) is 75.5 cm³/mol. The standard InChI is InChI=1S/C13H20ClNS/c1-13(2,3)16-9-12(15-4)10-7-5-6-8-11(10)14/h5-8,12,15H,9H2,1-4H3. The molecule has 0 fully saturated rings. The molecule has 1 atom stereocenters. The van der Waals surface area contributed by atoms with Crippen molar-refractivity contribution in [2.75, 3.05) is 12.8 Å². The van der Waals surface area contributed by atoms with Crippen molar-refractivity contribution in [3.05, 3.63) is 34.9 Å². The van der Waals surface area contributed by atoms with Crippen LogP contribution < -0.4 is 5.32 Å². The molecule has 0 bridgehead atoms. The summed E-state index contributed by atoms with van der Waals surface area (Å²) in [6.07, 6.45) is 0. The van der Waals surface area contributed by atoms with Crippen LogP contribution in [0.2, 0.25) is 5.02 Å². The summed E-state index contributed by atoms with van der Waals surface area (Å²) in [6, 6.07) is 8.36. The molecule has 1 nitrogen and oxygen atoms in total. The van der Waals surface area contributed by atoms with Crippen molar-refractivity contribution in [3.8, 4) is 0 Å². The molecule has 90 valence electrons. The van der Waals surface area contributed by atoms with Crippen molar-refractivity contribution in [2.24, 2.45) is 0 Å². The maximum absolute atomic E-state index is 6.20. The van der Waals surface area contributed by atoms with Gasteiger partial charge >= 0.3 is 0 Å². The zero-order chi connectivity index (χ0) is 12.2. The fraction of sp³-hybridized carbons (Fsp3) is 0.538. The van der Waals surface area contributed by atoms with Crippen LogP contribution >= 0.6 is 23.4 Å². The van der Waals surface area contributed by atoms with Gasteiger partial charge in [-0.2, -0.15) is 11.8 Å². The van der Waals surface area contributed by atoms with E-state index < -0.39 is 0 Å². The lowest BCUT2D eigenvalue weighted by Gasteiger charge is -2.23. The third-order valence-electron chi connectivity index (χ3n) is 2.31. The zero-order valence-corrected chi connectivity index (χ0v) is 12.0. The molecule has 1 N–H and O–H groups in total. The van der Waals surface area contributed by atoms with Crippen molar-refractivity contribution in [1.82, 2.24) is 5.32 Å². The van der Waals surface area contributed by atoms with Crippen LogP contribution in [0.5, 0.6) is 0 Å². The summed E-state index contributed by atoms with van der Waals surface area (Å²) in [5.41, 5.74) is 1.18. The number of hydrogen-bond acceptors (Lipinski definition) is 2. The zero-order valence-electron chi connectivity index (χ0n) is 10.4. The van der Waals surface area contributed by atoms with Crippen molar-refractivity contribution < 1.29 is 0 Å². The quantitative estimate of drug-likeness (QED) is 0.870. The van der Waals surface area contributed by atoms with Gasteiger partial charge in [-0.3, -0.25) is 0 Å². The average molecular weight is 258 g/mol. The van der Waals surface area contributed by atoms with E-state index in [0.29, 0.717) is 6.04 Å². The summed E-state index contributed by atoms with van der Waals surface area (Å²) in [4.78, 5) is 0. The van der Waals surface area contributed by atoms with E-state index in [-0.39, 0.29) is 4.75 Å². The Labute approximate surface area is 108 Å². The summed E-state index contributed by atoms with van der Waals surface area (Å²) in [6.45, 7) is 6.70. The first-order valence-electron chi connectivity index (χ1n) is 5.49. The minimum absolute atomic E-state index is 0.288. The Morgan fingerprint density at radius 2 is 1.94 bits per heavy atom. The van der Waals surface area contributed by atoms with Gasteiger partial charge in [-0.25, -0.2) is 0 Å². The van der Waals surface area contributed by atoms with Crippen molar-refractivity contribution in [3.63, 3.8) is 0 Å². The molecule has 0 aromatic heterocycles. The average Bonchev–Trinajstić information content (AvgIpc) is 2.20. The molecule has 0 amide bonds. The molecule has 0 aliphatic heterocycles. The second kappa shape index (κ2) is 5.95. The minimum atomic E-state index is 0.288. The van der Waals surface area contributed by atoms with Gasteiger partial charge in [-0.05, 0) is 18.7 Å². The Hall–Kier alpha value is -0.180. The van der Waals surface area contributed by atoms with E-state index in [4.69, 9.17) is 11.6 Å². The molecular weight excluding hydrogens is 238 g/mol. The number of nitrogens with one attached hydrogen (secondary N) is 1. The van der Waals surface area contributed by atoms with Crippen molar-refractivity contribution >= 4 is 23.4 Å². The normalized spacial score (nSPS) is 13.8. The van der Waals surface area contributed by atoms with E-state index in [9.17, 15) is 0 Å². The summed E-state index contributed by atoms with van der Waals surface area (Å²) in [7, 11) is 1.98. The van der Waals surface area contributed by atoms with Gasteiger partial charge in [-0.15, -0.1) is 0 Å². The topological polar surface area (TPSA) is 12.0 Å². The molecule has 0 heterocycles. The molecular formula is C13H20ClNS. The molecule has 1 unspecified atom stereocenters. The Morgan fingerprint density at radius 1 is 1.31 bits per heavy atom. The molecule has 0 spiro atoms. The van der Waals surface area contributed by atoms with E-state index in [0.717, 1.165) is 10.8 Å². The second-order valence-electron chi connectivity index (χ2n) is 4.79. The molecule has 0 saturated carbocycles. The van der Waals surface area contributed by atoms with Gasteiger partial charge in [0.1, 0.15) is 0 Å². The fourth-order valence-electron chi connectivity index (χ4n) is 1.42. The Morgan fingerprint density at radius 3 is 2.44 bits per heavy atom. The van der Waals surface area contributed by atoms with Crippen molar-refractivity contribution in [2.45, 2.75) is 31.6 Å². The summed E-state index contributed by atoms with van der Waals surface area (Å²) >= 11 is 8.15. The molecule has 16 heavy (non-hydrogen) atoms. The molecule has 3 heteroatoms. The van der Waals surface area contributed by atoms with E-state index in [2.05, 4.69) is 32.2 Å². The smallest absolute Gasteiger partial charge is 0.0454 e. The van der Waals surface area contributed by atoms with Gasteiger partial charge in [0.05, 0.1) is 0 Å². The second-order valence-corrected chi connectivity index (χ2v) is 7.04. The number of hydrogen-bond donors (Lipinski definition) is 1. The Bertz CT molecular complexity index is 333. The van der Waals surface area contributed by atoms with Gasteiger partial charge in [0.2, 0.25) is 0 Å². The third-order valence-corrected chi connectivity index (χ3v) is 4.02. The number of thioether (sulfide) groups is 1. The van der Waals surface area contributed by atoms with Crippen LogP contribution in [0, 0.1) is 0 Å². The summed E-state index contributed by atoms with van der Waals surface area (Å²) < 4.78 is 0.288. The van der Waals surface area contributed by atoms with E-state index in [1.165, 1.54) is 5.56 Å². The maximum atomic E-state index is 6.20. The number of halogens is 1. The number of benzene rings is 1. The lowest BCUT2D eigenvalue weighted by molar-refractivity contribution is 0.657. The first-order chi connectivity index (χ1) is 7.44. The van der Waals surface area contributed by atoms with Crippen LogP contribution in [0.25, 0.3) is 0 Å². The molecule has 0 saturated heterocycles. The van der Waals surface area contributed by atoms with Gasteiger partial charge < -0.3 is 5.32 Å². The van der Waals surface area contributed by atoms with Crippen LogP contribution in [0.3, 0.4) is 0 Å². The summed E-state index contributed by atoms with van der Waals surface area (Å²) in [5.74, 6) is 1.03. The Kier molecular flexibility index (Phi) is 5.16. The van der Waals surface area contributed by atoms with Gasteiger partial charge in [0, 0.05) is 21.6 Å². The molecule has 1 aromatic rings.